The summed E-state index contributed by atoms with van der Waals surface area (Å²) in [5.41, 5.74) is 8.86. The predicted molar refractivity (Wildman–Crippen MR) is 142 cm³/mol. The van der Waals surface area contributed by atoms with Crippen molar-refractivity contribution < 1.29 is 9.59 Å². The summed E-state index contributed by atoms with van der Waals surface area (Å²) in [6.07, 6.45) is 2.25. The standard InChI is InChI=1S/C28H35N5O2/c1-18-12-13-21(33-28(35)26(16-29)31-17-22-9-6-14-30-22)15-25(18)27(34)32-19(2)23-11-5-8-20-7-3-4-10-24(20)23/h3-5,7-8,10-13,15,19,22,26,30-31H,6,9,14,16-17,29H2,1-2H3,(H,32,34)(H,33,35)/t19-,22+,26-/m1/s1. The van der Waals surface area contributed by atoms with Crippen LogP contribution in [0.25, 0.3) is 10.8 Å². The molecular weight excluding hydrogens is 438 g/mol. The minimum Gasteiger partial charge on any atom is -0.345 e. The summed E-state index contributed by atoms with van der Waals surface area (Å²) < 4.78 is 0. The average molecular weight is 474 g/mol. The van der Waals surface area contributed by atoms with Crippen molar-refractivity contribution in [3.05, 3.63) is 77.4 Å². The molecule has 0 spiro atoms. The molecule has 3 aromatic rings. The van der Waals surface area contributed by atoms with E-state index in [-0.39, 0.29) is 24.4 Å². The van der Waals surface area contributed by atoms with Crippen LogP contribution in [-0.2, 0) is 4.79 Å². The number of aryl methyl sites for hydroxylation is 1. The number of hydrogen-bond acceptors (Lipinski definition) is 5. The highest BCUT2D eigenvalue weighted by molar-refractivity contribution is 6.00. The lowest BCUT2D eigenvalue weighted by Gasteiger charge is -2.20. The second-order valence-electron chi connectivity index (χ2n) is 9.27. The number of rotatable bonds is 9. The molecule has 6 N–H and O–H groups in total. The highest BCUT2D eigenvalue weighted by atomic mass is 16.2. The van der Waals surface area contributed by atoms with Crippen LogP contribution in [0.2, 0.25) is 0 Å². The van der Waals surface area contributed by atoms with Crippen LogP contribution in [-0.4, -0.2) is 43.5 Å². The van der Waals surface area contributed by atoms with E-state index in [0.717, 1.165) is 41.3 Å². The lowest BCUT2D eigenvalue weighted by Crippen LogP contribution is -2.49. The van der Waals surface area contributed by atoms with Gasteiger partial charge in [-0.2, -0.15) is 0 Å². The number of fused-ring (bicyclic) bond motifs is 1. The Kier molecular flexibility index (Phi) is 8.13. The van der Waals surface area contributed by atoms with Crippen molar-refractivity contribution in [2.24, 2.45) is 5.73 Å². The number of amides is 2. The van der Waals surface area contributed by atoms with Crippen molar-refractivity contribution >= 4 is 28.3 Å². The van der Waals surface area contributed by atoms with Crippen LogP contribution >= 0.6 is 0 Å². The van der Waals surface area contributed by atoms with Crippen molar-refractivity contribution in [2.45, 2.75) is 44.8 Å². The summed E-state index contributed by atoms with van der Waals surface area (Å²) in [6, 6.07) is 19.3. The van der Waals surface area contributed by atoms with E-state index in [1.54, 1.807) is 6.07 Å². The molecule has 1 heterocycles. The van der Waals surface area contributed by atoms with Gasteiger partial charge >= 0.3 is 0 Å². The van der Waals surface area contributed by atoms with Gasteiger partial charge in [-0.15, -0.1) is 0 Å². The molecule has 2 amide bonds. The minimum absolute atomic E-state index is 0.179. The van der Waals surface area contributed by atoms with Crippen molar-refractivity contribution in [1.29, 1.82) is 0 Å². The quantitative estimate of drug-likeness (QED) is 0.328. The molecule has 184 valence electrons. The Morgan fingerprint density at radius 2 is 1.91 bits per heavy atom. The Hall–Kier alpha value is -3.26. The molecule has 1 fully saturated rings. The van der Waals surface area contributed by atoms with E-state index in [1.807, 2.05) is 50.2 Å². The second kappa shape index (κ2) is 11.4. The summed E-state index contributed by atoms with van der Waals surface area (Å²) in [6.45, 7) is 5.78. The zero-order chi connectivity index (χ0) is 24.8. The molecule has 0 aliphatic carbocycles. The van der Waals surface area contributed by atoms with Crippen molar-refractivity contribution in [3.8, 4) is 0 Å². The molecule has 7 heteroatoms. The van der Waals surface area contributed by atoms with E-state index in [9.17, 15) is 9.59 Å². The number of hydrogen-bond donors (Lipinski definition) is 5. The Bertz CT molecular complexity index is 1180. The SMILES string of the molecule is Cc1ccc(NC(=O)[C@@H](CN)NC[C@@H]2CCCN2)cc1C(=O)N[C@H](C)c1cccc2ccccc12. The van der Waals surface area contributed by atoms with Crippen LogP contribution in [0.15, 0.2) is 60.7 Å². The van der Waals surface area contributed by atoms with Gasteiger partial charge in [0.2, 0.25) is 5.91 Å². The maximum atomic E-state index is 13.2. The summed E-state index contributed by atoms with van der Waals surface area (Å²) in [5.74, 6) is -0.385. The molecule has 1 aliphatic heterocycles. The number of nitrogens with two attached hydrogens (primary N) is 1. The zero-order valence-electron chi connectivity index (χ0n) is 20.4. The fourth-order valence-corrected chi connectivity index (χ4v) is 4.65. The van der Waals surface area contributed by atoms with Gasteiger partial charge in [0.05, 0.1) is 12.1 Å². The molecule has 0 saturated carbocycles. The summed E-state index contributed by atoms with van der Waals surface area (Å²) in [5, 5.41) is 15.0. The zero-order valence-corrected chi connectivity index (χ0v) is 20.4. The minimum atomic E-state index is -0.498. The first-order valence-corrected chi connectivity index (χ1v) is 12.3. The largest absolute Gasteiger partial charge is 0.345 e. The van der Waals surface area contributed by atoms with E-state index in [2.05, 4.69) is 39.5 Å². The van der Waals surface area contributed by atoms with Gasteiger partial charge in [-0.1, -0.05) is 48.5 Å². The van der Waals surface area contributed by atoms with Gasteiger partial charge in [0.15, 0.2) is 0 Å². The van der Waals surface area contributed by atoms with E-state index in [4.69, 9.17) is 5.73 Å². The van der Waals surface area contributed by atoms with E-state index < -0.39 is 6.04 Å². The molecule has 1 aliphatic rings. The Morgan fingerprint density at radius 1 is 1.11 bits per heavy atom. The van der Waals surface area contributed by atoms with Crippen molar-refractivity contribution in [1.82, 2.24) is 16.0 Å². The third kappa shape index (κ3) is 6.06. The topological polar surface area (TPSA) is 108 Å². The van der Waals surface area contributed by atoms with E-state index in [1.165, 1.54) is 0 Å². The van der Waals surface area contributed by atoms with Crippen LogP contribution in [0.5, 0.6) is 0 Å². The van der Waals surface area contributed by atoms with Gasteiger partial charge in [-0.25, -0.2) is 0 Å². The maximum Gasteiger partial charge on any atom is 0.252 e. The van der Waals surface area contributed by atoms with Gasteiger partial charge in [-0.3, -0.25) is 9.59 Å². The number of carbonyl (C=O) groups excluding carboxylic acids is 2. The average Bonchev–Trinajstić information content (AvgIpc) is 3.39. The Balaban J connectivity index is 1.43. The van der Waals surface area contributed by atoms with Gasteiger partial charge < -0.3 is 27.0 Å². The summed E-state index contributed by atoms with van der Waals surface area (Å²) in [4.78, 5) is 26.0. The first kappa shape index (κ1) is 24.9. The Morgan fingerprint density at radius 3 is 2.69 bits per heavy atom. The first-order valence-electron chi connectivity index (χ1n) is 12.3. The van der Waals surface area contributed by atoms with E-state index in [0.29, 0.717) is 23.8 Å². The lowest BCUT2D eigenvalue weighted by atomic mass is 9.99. The third-order valence-electron chi connectivity index (χ3n) is 6.71. The molecule has 0 bridgehead atoms. The fraction of sp³-hybridized carbons (Fsp3) is 0.357. The highest BCUT2D eigenvalue weighted by Gasteiger charge is 2.21. The molecule has 0 unspecified atom stereocenters. The van der Waals surface area contributed by atoms with Crippen LogP contribution in [0.3, 0.4) is 0 Å². The smallest absolute Gasteiger partial charge is 0.252 e. The second-order valence-corrected chi connectivity index (χ2v) is 9.27. The molecule has 3 atom stereocenters. The normalized spacial score (nSPS) is 17.2. The number of benzene rings is 3. The van der Waals surface area contributed by atoms with Crippen LogP contribution in [0, 0.1) is 6.92 Å². The van der Waals surface area contributed by atoms with Crippen LogP contribution in [0.1, 0.15) is 47.3 Å². The predicted octanol–water partition coefficient (Wildman–Crippen LogP) is 3.25. The number of anilines is 1. The molecular formula is C28H35N5O2. The first-order chi connectivity index (χ1) is 17.0. The number of carbonyl (C=O) groups is 2. The molecule has 0 radical (unpaired) electrons. The highest BCUT2D eigenvalue weighted by Crippen LogP contribution is 2.25. The van der Waals surface area contributed by atoms with Gasteiger partial charge in [0.25, 0.3) is 5.91 Å². The molecule has 0 aromatic heterocycles. The van der Waals surface area contributed by atoms with Crippen LogP contribution < -0.4 is 27.0 Å². The van der Waals surface area contributed by atoms with E-state index >= 15 is 0 Å². The molecule has 3 aromatic carbocycles. The summed E-state index contributed by atoms with van der Waals surface area (Å²) in [7, 11) is 0. The van der Waals surface area contributed by atoms with Crippen LogP contribution in [0.4, 0.5) is 5.69 Å². The molecule has 1 saturated heterocycles. The number of nitrogens with one attached hydrogen (secondary N) is 4. The Labute approximate surface area is 206 Å². The summed E-state index contributed by atoms with van der Waals surface area (Å²) >= 11 is 0. The van der Waals surface area contributed by atoms with Crippen molar-refractivity contribution in [3.63, 3.8) is 0 Å². The lowest BCUT2D eigenvalue weighted by molar-refractivity contribution is -0.117. The molecule has 35 heavy (non-hydrogen) atoms. The van der Waals surface area contributed by atoms with Gasteiger partial charge in [-0.05, 0) is 67.3 Å². The van der Waals surface area contributed by atoms with Gasteiger partial charge in [0, 0.05) is 30.4 Å². The van der Waals surface area contributed by atoms with Crippen molar-refractivity contribution in [2.75, 3.05) is 25.0 Å². The molecule has 4 rings (SSSR count). The third-order valence-corrected chi connectivity index (χ3v) is 6.71. The molecule has 7 nitrogen and oxygen atoms in total. The van der Waals surface area contributed by atoms with Gasteiger partial charge in [0.1, 0.15) is 0 Å². The monoisotopic (exact) mass is 473 g/mol. The fourth-order valence-electron chi connectivity index (χ4n) is 4.65. The maximum absolute atomic E-state index is 13.2.